The quantitative estimate of drug-likeness (QED) is 0.757. The summed E-state index contributed by atoms with van der Waals surface area (Å²) in [5.74, 6) is 0. The lowest BCUT2D eigenvalue weighted by molar-refractivity contribution is 0.00522. The molecule has 14 heavy (non-hydrogen) atoms. The second-order valence-corrected chi connectivity index (χ2v) is 3.66. The van der Waals surface area contributed by atoms with E-state index in [-0.39, 0.29) is 11.6 Å². The molecule has 0 aliphatic heterocycles. The predicted octanol–water partition coefficient (Wildman–Crippen LogP) is 0.780. The van der Waals surface area contributed by atoms with Crippen LogP contribution in [0.25, 0.3) is 0 Å². The molecule has 1 aromatic rings. The maximum absolute atomic E-state index is 11.6. The van der Waals surface area contributed by atoms with Gasteiger partial charge in [-0.15, -0.1) is 0 Å². The Labute approximate surface area is 82.3 Å². The van der Waals surface area contributed by atoms with Crippen LogP contribution < -0.4 is 11.3 Å². The molecular weight excluding hydrogens is 180 g/mol. The van der Waals surface area contributed by atoms with Crippen LogP contribution in [0.5, 0.6) is 0 Å². The third kappa shape index (κ3) is 1.42. The van der Waals surface area contributed by atoms with Crippen molar-refractivity contribution >= 4 is 5.69 Å². The van der Waals surface area contributed by atoms with E-state index in [4.69, 9.17) is 10.5 Å². The van der Waals surface area contributed by atoms with Gasteiger partial charge in [-0.25, -0.2) is 0 Å². The Morgan fingerprint density at radius 1 is 1.57 bits per heavy atom. The van der Waals surface area contributed by atoms with Crippen LogP contribution >= 0.6 is 0 Å². The number of hydrogen-bond acceptors (Lipinski definition) is 3. The first-order chi connectivity index (χ1) is 6.72. The van der Waals surface area contributed by atoms with Gasteiger partial charge in [-0.05, 0) is 25.0 Å². The smallest absolute Gasteiger partial charge is 0.273 e. The first-order valence-corrected chi connectivity index (χ1v) is 4.72. The molecule has 4 nitrogen and oxygen atoms in total. The number of nitrogens with two attached hydrogens (primary N) is 1. The van der Waals surface area contributed by atoms with E-state index in [0.29, 0.717) is 11.8 Å². The van der Waals surface area contributed by atoms with Crippen LogP contribution in [0.4, 0.5) is 5.69 Å². The van der Waals surface area contributed by atoms with Crippen LogP contribution in [0.2, 0.25) is 0 Å². The number of ether oxygens (including phenoxy) is 1. The Bertz CT molecular complexity index is 380. The highest BCUT2D eigenvalue weighted by Crippen LogP contribution is 2.32. The summed E-state index contributed by atoms with van der Waals surface area (Å²) in [5, 5.41) is 0. The number of nitrogens with zero attached hydrogens (tertiary/aromatic N) is 1. The van der Waals surface area contributed by atoms with Crippen molar-refractivity contribution in [2.24, 2.45) is 0 Å². The molecule has 0 atom stereocenters. The van der Waals surface area contributed by atoms with E-state index >= 15 is 0 Å². The van der Waals surface area contributed by atoms with E-state index in [1.54, 1.807) is 30.0 Å². The molecule has 0 unspecified atom stereocenters. The molecule has 0 bridgehead atoms. The number of nitrogen functional groups attached to an aromatic ring is 1. The maximum Gasteiger partial charge on any atom is 0.273 e. The van der Waals surface area contributed by atoms with Gasteiger partial charge in [0.15, 0.2) is 0 Å². The predicted molar refractivity (Wildman–Crippen MR) is 54.2 cm³/mol. The van der Waals surface area contributed by atoms with Gasteiger partial charge in [0.25, 0.3) is 5.56 Å². The maximum atomic E-state index is 11.6. The number of aromatic nitrogens is 1. The topological polar surface area (TPSA) is 57.2 Å². The van der Waals surface area contributed by atoms with Crippen molar-refractivity contribution in [1.82, 2.24) is 4.57 Å². The number of anilines is 1. The Balaban J connectivity index is 2.19. The molecule has 1 aliphatic rings. The lowest BCUT2D eigenvalue weighted by Gasteiger charge is -2.35. The molecule has 2 N–H and O–H groups in total. The molecule has 0 aromatic carbocycles. The van der Waals surface area contributed by atoms with E-state index < -0.39 is 0 Å². The van der Waals surface area contributed by atoms with Crippen molar-refractivity contribution in [2.45, 2.75) is 25.0 Å². The fourth-order valence-corrected chi connectivity index (χ4v) is 1.77. The van der Waals surface area contributed by atoms with Gasteiger partial charge in [-0.3, -0.25) is 4.79 Å². The van der Waals surface area contributed by atoms with Crippen molar-refractivity contribution in [3.8, 4) is 0 Å². The van der Waals surface area contributed by atoms with Gasteiger partial charge >= 0.3 is 0 Å². The van der Waals surface area contributed by atoms with Crippen molar-refractivity contribution in [2.75, 3.05) is 12.8 Å². The number of methoxy groups -OCH3 is 1. The summed E-state index contributed by atoms with van der Waals surface area (Å²) in [7, 11) is 1.70. The van der Waals surface area contributed by atoms with E-state index in [1.165, 1.54) is 0 Å². The number of hydrogen-bond donors (Lipinski definition) is 1. The summed E-state index contributed by atoms with van der Waals surface area (Å²) in [6.07, 6.45) is 3.89. The molecule has 0 radical (unpaired) electrons. The van der Waals surface area contributed by atoms with Crippen LogP contribution in [0.1, 0.15) is 18.9 Å². The summed E-state index contributed by atoms with van der Waals surface area (Å²) in [5.41, 5.74) is 5.76. The van der Waals surface area contributed by atoms with E-state index in [1.807, 2.05) is 0 Å². The number of pyridine rings is 1. The normalized spacial score (nSPS) is 25.8. The SMILES string of the molecule is COC1CC(n2cccc(N)c2=O)C1. The second-order valence-electron chi connectivity index (χ2n) is 3.66. The standard InChI is InChI=1S/C10H14N2O2/c1-14-8-5-7(6-8)12-4-2-3-9(11)10(12)13/h2-4,7-8H,5-6,11H2,1H3. The fraction of sp³-hybridized carbons (Fsp3) is 0.500. The molecule has 76 valence electrons. The zero-order chi connectivity index (χ0) is 10.1. The summed E-state index contributed by atoms with van der Waals surface area (Å²) < 4.78 is 6.86. The van der Waals surface area contributed by atoms with Gasteiger partial charge in [-0.2, -0.15) is 0 Å². The molecule has 0 spiro atoms. The molecule has 0 saturated heterocycles. The first kappa shape index (κ1) is 9.27. The van der Waals surface area contributed by atoms with Crippen LogP contribution in [0.15, 0.2) is 23.1 Å². The third-order valence-corrected chi connectivity index (χ3v) is 2.80. The largest absolute Gasteiger partial charge is 0.394 e. The van der Waals surface area contributed by atoms with Gasteiger partial charge in [0.05, 0.1) is 11.8 Å². The van der Waals surface area contributed by atoms with Gasteiger partial charge < -0.3 is 15.0 Å². The van der Waals surface area contributed by atoms with Crippen molar-refractivity contribution < 1.29 is 4.74 Å². The average molecular weight is 194 g/mol. The first-order valence-electron chi connectivity index (χ1n) is 4.72. The Hall–Kier alpha value is -1.29. The highest BCUT2D eigenvalue weighted by Gasteiger charge is 2.30. The summed E-state index contributed by atoms with van der Waals surface area (Å²) in [4.78, 5) is 11.6. The molecule has 1 saturated carbocycles. The Kier molecular flexibility index (Phi) is 2.29. The molecule has 1 aliphatic carbocycles. The molecule has 1 heterocycles. The van der Waals surface area contributed by atoms with E-state index in [0.717, 1.165) is 12.8 Å². The van der Waals surface area contributed by atoms with Gasteiger partial charge in [0.2, 0.25) is 0 Å². The summed E-state index contributed by atoms with van der Waals surface area (Å²) in [6.45, 7) is 0. The molecule has 2 rings (SSSR count). The highest BCUT2D eigenvalue weighted by molar-refractivity contribution is 5.33. The lowest BCUT2D eigenvalue weighted by atomic mass is 9.89. The Morgan fingerprint density at radius 2 is 2.29 bits per heavy atom. The van der Waals surface area contributed by atoms with Crippen LogP contribution in [0, 0.1) is 0 Å². The monoisotopic (exact) mass is 194 g/mol. The molecule has 0 amide bonds. The minimum absolute atomic E-state index is 0.0907. The molecular formula is C10H14N2O2. The van der Waals surface area contributed by atoms with Gasteiger partial charge in [0.1, 0.15) is 0 Å². The molecule has 1 fully saturated rings. The van der Waals surface area contributed by atoms with E-state index in [2.05, 4.69) is 0 Å². The van der Waals surface area contributed by atoms with Crippen molar-refractivity contribution in [1.29, 1.82) is 0 Å². The Morgan fingerprint density at radius 3 is 2.93 bits per heavy atom. The third-order valence-electron chi connectivity index (χ3n) is 2.80. The van der Waals surface area contributed by atoms with Crippen LogP contribution in [-0.4, -0.2) is 17.8 Å². The molecule has 1 aromatic heterocycles. The highest BCUT2D eigenvalue weighted by atomic mass is 16.5. The minimum Gasteiger partial charge on any atom is -0.394 e. The zero-order valence-electron chi connectivity index (χ0n) is 8.14. The van der Waals surface area contributed by atoms with E-state index in [9.17, 15) is 4.79 Å². The summed E-state index contributed by atoms with van der Waals surface area (Å²) in [6, 6.07) is 3.69. The lowest BCUT2D eigenvalue weighted by Crippen LogP contribution is -2.37. The molecule has 4 heteroatoms. The second kappa shape index (κ2) is 3.46. The van der Waals surface area contributed by atoms with Gasteiger partial charge in [-0.1, -0.05) is 0 Å². The van der Waals surface area contributed by atoms with Crippen molar-refractivity contribution in [3.63, 3.8) is 0 Å². The van der Waals surface area contributed by atoms with Crippen molar-refractivity contribution in [3.05, 3.63) is 28.7 Å². The zero-order valence-corrected chi connectivity index (χ0v) is 8.14. The number of rotatable bonds is 2. The summed E-state index contributed by atoms with van der Waals surface area (Å²) >= 11 is 0. The average Bonchev–Trinajstić information content (AvgIpc) is 2.10. The fourth-order valence-electron chi connectivity index (χ4n) is 1.77. The van der Waals surface area contributed by atoms with Crippen LogP contribution in [-0.2, 0) is 4.74 Å². The minimum atomic E-state index is -0.0907. The van der Waals surface area contributed by atoms with Crippen LogP contribution in [0.3, 0.4) is 0 Å². The van der Waals surface area contributed by atoms with Gasteiger partial charge in [0, 0.05) is 19.3 Å².